The van der Waals surface area contributed by atoms with Gasteiger partial charge >= 0.3 is 0 Å². The maximum atomic E-state index is 12.2. The summed E-state index contributed by atoms with van der Waals surface area (Å²) >= 11 is 0. The average Bonchev–Trinajstić information content (AvgIpc) is 2.78. The van der Waals surface area contributed by atoms with Crippen molar-refractivity contribution in [2.45, 2.75) is 18.2 Å². The molecule has 3 N–H and O–H groups in total. The van der Waals surface area contributed by atoms with Crippen LogP contribution in [0.1, 0.15) is 11.1 Å². The first-order valence-corrected chi connectivity index (χ1v) is 7.70. The van der Waals surface area contributed by atoms with Gasteiger partial charge in [-0.15, -0.1) is 0 Å². The lowest BCUT2D eigenvalue weighted by atomic mass is 10.2. The van der Waals surface area contributed by atoms with Gasteiger partial charge in [0.1, 0.15) is 0 Å². The maximum absolute atomic E-state index is 12.2. The molecule has 108 valence electrons. The molecular formula is C13H18N4O2S. The minimum Gasteiger partial charge on any atom is -0.399 e. The van der Waals surface area contributed by atoms with E-state index in [1.54, 1.807) is 29.9 Å². The normalized spacial score (nSPS) is 11.7. The Morgan fingerprint density at radius 1 is 1.40 bits per heavy atom. The number of benzene rings is 1. The molecule has 20 heavy (non-hydrogen) atoms. The maximum Gasteiger partial charge on any atom is 0.240 e. The largest absolute Gasteiger partial charge is 0.399 e. The SMILES string of the molecule is Cc1ccc(N)cc1S(=O)(=O)NCCc1cnn(C)c1. The third-order valence-electron chi connectivity index (χ3n) is 2.97. The van der Waals surface area contributed by atoms with Gasteiger partial charge in [0, 0.05) is 25.5 Å². The van der Waals surface area contributed by atoms with Gasteiger partial charge in [-0.3, -0.25) is 4.68 Å². The monoisotopic (exact) mass is 294 g/mol. The van der Waals surface area contributed by atoms with E-state index >= 15 is 0 Å². The molecule has 6 nitrogen and oxygen atoms in total. The van der Waals surface area contributed by atoms with E-state index in [0.29, 0.717) is 24.2 Å². The van der Waals surface area contributed by atoms with Gasteiger partial charge in [-0.1, -0.05) is 6.07 Å². The number of nitrogens with two attached hydrogens (primary N) is 1. The van der Waals surface area contributed by atoms with Crippen molar-refractivity contribution in [3.05, 3.63) is 41.7 Å². The van der Waals surface area contributed by atoms with Gasteiger partial charge in [0.15, 0.2) is 0 Å². The second-order valence-electron chi connectivity index (χ2n) is 4.69. The molecule has 0 fully saturated rings. The smallest absolute Gasteiger partial charge is 0.240 e. The molecule has 0 aliphatic rings. The molecule has 7 heteroatoms. The zero-order chi connectivity index (χ0) is 14.8. The van der Waals surface area contributed by atoms with Gasteiger partial charge in [0.25, 0.3) is 0 Å². The molecule has 0 aliphatic carbocycles. The molecule has 0 radical (unpaired) electrons. The molecule has 1 heterocycles. The molecule has 0 bridgehead atoms. The molecule has 0 aliphatic heterocycles. The molecular weight excluding hydrogens is 276 g/mol. The van der Waals surface area contributed by atoms with Gasteiger partial charge in [-0.25, -0.2) is 13.1 Å². The first-order valence-electron chi connectivity index (χ1n) is 6.22. The number of hydrogen-bond donors (Lipinski definition) is 2. The zero-order valence-electron chi connectivity index (χ0n) is 11.5. The van der Waals surface area contributed by atoms with Crippen LogP contribution in [0.2, 0.25) is 0 Å². The highest BCUT2D eigenvalue weighted by atomic mass is 32.2. The topological polar surface area (TPSA) is 90.0 Å². The van der Waals surface area contributed by atoms with Crippen molar-refractivity contribution < 1.29 is 8.42 Å². The summed E-state index contributed by atoms with van der Waals surface area (Å²) in [5.41, 5.74) is 7.74. The van der Waals surface area contributed by atoms with Crippen LogP contribution in [0.3, 0.4) is 0 Å². The van der Waals surface area contributed by atoms with Crippen molar-refractivity contribution in [3.63, 3.8) is 0 Å². The van der Waals surface area contributed by atoms with Crippen LogP contribution in [0, 0.1) is 6.92 Å². The van der Waals surface area contributed by atoms with Crippen LogP contribution in [-0.2, 0) is 23.5 Å². The lowest BCUT2D eigenvalue weighted by molar-refractivity contribution is 0.581. The fraction of sp³-hybridized carbons (Fsp3) is 0.308. The molecule has 1 aromatic carbocycles. The lowest BCUT2D eigenvalue weighted by Gasteiger charge is -2.09. The number of nitrogens with one attached hydrogen (secondary N) is 1. The van der Waals surface area contributed by atoms with Crippen molar-refractivity contribution in [3.8, 4) is 0 Å². The fourth-order valence-corrected chi connectivity index (χ4v) is 3.22. The van der Waals surface area contributed by atoms with Crippen LogP contribution in [0.15, 0.2) is 35.5 Å². The Bertz CT molecular complexity index is 707. The molecule has 0 unspecified atom stereocenters. The molecule has 0 spiro atoms. The summed E-state index contributed by atoms with van der Waals surface area (Å²) in [6.45, 7) is 2.07. The van der Waals surface area contributed by atoms with Crippen LogP contribution in [0.4, 0.5) is 5.69 Å². The number of rotatable bonds is 5. The van der Waals surface area contributed by atoms with Gasteiger partial charge in [-0.05, 0) is 36.6 Å². The molecule has 1 aromatic heterocycles. The van der Waals surface area contributed by atoms with Crippen LogP contribution >= 0.6 is 0 Å². The quantitative estimate of drug-likeness (QED) is 0.799. The van der Waals surface area contributed by atoms with E-state index < -0.39 is 10.0 Å². The minimum absolute atomic E-state index is 0.226. The van der Waals surface area contributed by atoms with Crippen LogP contribution in [-0.4, -0.2) is 24.7 Å². The minimum atomic E-state index is -3.53. The first-order chi connectivity index (χ1) is 9.38. The predicted molar refractivity (Wildman–Crippen MR) is 77.7 cm³/mol. The summed E-state index contributed by atoms with van der Waals surface area (Å²) in [6, 6.07) is 4.86. The molecule has 2 rings (SSSR count). The molecule has 2 aromatic rings. The third kappa shape index (κ3) is 3.37. The highest BCUT2D eigenvalue weighted by molar-refractivity contribution is 7.89. The molecule has 0 amide bonds. The summed E-state index contributed by atoms with van der Waals surface area (Å²) in [6.07, 6.45) is 4.18. The number of nitrogens with zero attached hydrogens (tertiary/aromatic N) is 2. The first kappa shape index (κ1) is 14.5. The van der Waals surface area contributed by atoms with E-state index in [0.717, 1.165) is 5.56 Å². The fourth-order valence-electron chi connectivity index (χ4n) is 1.91. The highest BCUT2D eigenvalue weighted by Gasteiger charge is 2.16. The number of aromatic nitrogens is 2. The Hall–Kier alpha value is -1.86. The summed E-state index contributed by atoms with van der Waals surface area (Å²) < 4.78 is 28.7. The Labute approximate surface area is 118 Å². The van der Waals surface area contributed by atoms with Crippen LogP contribution < -0.4 is 10.5 Å². The van der Waals surface area contributed by atoms with Crippen LogP contribution in [0.25, 0.3) is 0 Å². The highest BCUT2D eigenvalue weighted by Crippen LogP contribution is 2.17. The number of anilines is 1. The summed E-state index contributed by atoms with van der Waals surface area (Å²) in [7, 11) is -1.71. The molecule has 0 atom stereocenters. The third-order valence-corrected chi connectivity index (χ3v) is 4.57. The lowest BCUT2D eigenvalue weighted by Crippen LogP contribution is -2.26. The van der Waals surface area contributed by atoms with Gasteiger partial charge in [0.2, 0.25) is 10.0 Å². The Kier molecular flexibility index (Phi) is 4.10. The summed E-state index contributed by atoms with van der Waals surface area (Å²) in [5, 5.41) is 4.04. The van der Waals surface area contributed by atoms with Gasteiger partial charge < -0.3 is 5.73 Å². The van der Waals surface area contributed by atoms with Crippen molar-refractivity contribution >= 4 is 15.7 Å². The summed E-state index contributed by atoms with van der Waals surface area (Å²) in [5.74, 6) is 0. The number of nitrogen functional groups attached to an aromatic ring is 1. The van der Waals surface area contributed by atoms with Crippen LogP contribution in [0.5, 0.6) is 0 Å². The van der Waals surface area contributed by atoms with Gasteiger partial charge in [0.05, 0.1) is 11.1 Å². The van der Waals surface area contributed by atoms with E-state index in [1.807, 2.05) is 13.2 Å². The van der Waals surface area contributed by atoms with Crippen molar-refractivity contribution in [2.24, 2.45) is 7.05 Å². The van der Waals surface area contributed by atoms with E-state index in [1.165, 1.54) is 6.07 Å². The average molecular weight is 294 g/mol. The van der Waals surface area contributed by atoms with E-state index in [9.17, 15) is 8.42 Å². The second kappa shape index (κ2) is 5.64. The number of aryl methyl sites for hydroxylation is 2. The number of hydrogen-bond acceptors (Lipinski definition) is 4. The Balaban J connectivity index is 2.06. The van der Waals surface area contributed by atoms with E-state index in [-0.39, 0.29) is 4.90 Å². The zero-order valence-corrected chi connectivity index (χ0v) is 12.3. The Morgan fingerprint density at radius 3 is 2.80 bits per heavy atom. The summed E-state index contributed by atoms with van der Waals surface area (Å²) in [4.78, 5) is 0.226. The molecule has 0 saturated carbocycles. The Morgan fingerprint density at radius 2 is 2.15 bits per heavy atom. The van der Waals surface area contributed by atoms with E-state index in [2.05, 4.69) is 9.82 Å². The molecule has 0 saturated heterocycles. The van der Waals surface area contributed by atoms with Crippen molar-refractivity contribution in [1.29, 1.82) is 0 Å². The van der Waals surface area contributed by atoms with Crippen molar-refractivity contribution in [2.75, 3.05) is 12.3 Å². The predicted octanol–water partition coefficient (Wildman–Crippen LogP) is 0.832. The number of sulfonamides is 1. The van der Waals surface area contributed by atoms with Gasteiger partial charge in [-0.2, -0.15) is 5.10 Å². The second-order valence-corrected chi connectivity index (χ2v) is 6.43. The standard InChI is InChI=1S/C13H18N4O2S/c1-10-3-4-12(14)7-13(10)20(18,19)16-6-5-11-8-15-17(2)9-11/h3-4,7-9,16H,5-6,14H2,1-2H3. The van der Waals surface area contributed by atoms with Crippen molar-refractivity contribution in [1.82, 2.24) is 14.5 Å². The van der Waals surface area contributed by atoms with E-state index in [4.69, 9.17) is 5.73 Å².